The summed E-state index contributed by atoms with van der Waals surface area (Å²) in [5.74, 6) is 0.563. The highest BCUT2D eigenvalue weighted by Crippen LogP contribution is 2.38. The Hall–Kier alpha value is -2.21. The van der Waals surface area contributed by atoms with E-state index in [9.17, 15) is 0 Å². The number of anilines is 2. The molecule has 2 aromatic heterocycles. The lowest BCUT2D eigenvalue weighted by Crippen LogP contribution is -2.14. The zero-order chi connectivity index (χ0) is 15.3. The van der Waals surface area contributed by atoms with Crippen molar-refractivity contribution >= 4 is 45.1 Å². The van der Waals surface area contributed by atoms with Crippen LogP contribution in [0.4, 0.5) is 17.3 Å². The standard InChI is InChI=1S/C16H14BrN5/c1-16(2)9-18-12-8-10(6-7-11(12)16)19-15-20-14-5-3-4-13(17)22(14)21-15/h3-9H,1-2H3,(H,19,21). The van der Waals surface area contributed by atoms with E-state index in [1.807, 2.05) is 36.5 Å². The Morgan fingerprint density at radius 2 is 2.05 bits per heavy atom. The fourth-order valence-corrected chi connectivity index (χ4v) is 3.03. The Morgan fingerprint density at radius 1 is 1.18 bits per heavy atom. The van der Waals surface area contributed by atoms with Gasteiger partial charge < -0.3 is 5.32 Å². The van der Waals surface area contributed by atoms with Crippen LogP contribution in [0.2, 0.25) is 0 Å². The average Bonchev–Trinajstić information content (AvgIpc) is 3.01. The van der Waals surface area contributed by atoms with Gasteiger partial charge in [-0.3, -0.25) is 4.99 Å². The van der Waals surface area contributed by atoms with Crippen molar-refractivity contribution in [2.24, 2.45) is 4.99 Å². The number of halogens is 1. The van der Waals surface area contributed by atoms with Gasteiger partial charge in [-0.05, 0) is 45.8 Å². The van der Waals surface area contributed by atoms with Crippen LogP contribution in [0.15, 0.2) is 46.0 Å². The van der Waals surface area contributed by atoms with Gasteiger partial charge in [0, 0.05) is 17.3 Å². The molecule has 0 saturated carbocycles. The molecule has 0 radical (unpaired) electrons. The molecule has 1 aromatic carbocycles. The minimum absolute atomic E-state index is 0.0000661. The van der Waals surface area contributed by atoms with E-state index in [1.54, 1.807) is 4.52 Å². The molecule has 0 saturated heterocycles. The third-order valence-corrected chi connectivity index (χ3v) is 4.39. The number of fused-ring (bicyclic) bond motifs is 2. The molecule has 1 aliphatic heterocycles. The van der Waals surface area contributed by atoms with Crippen LogP contribution < -0.4 is 5.32 Å². The summed E-state index contributed by atoms with van der Waals surface area (Å²) in [6.07, 6.45) is 1.99. The SMILES string of the molecule is CC1(C)C=Nc2cc(Nc3nc4cccc(Br)n4n3)ccc21. The summed E-state index contributed by atoms with van der Waals surface area (Å²) < 4.78 is 2.61. The first-order valence-electron chi connectivity index (χ1n) is 7.01. The van der Waals surface area contributed by atoms with Gasteiger partial charge in [0.2, 0.25) is 5.95 Å². The normalized spacial score (nSPS) is 15.2. The smallest absolute Gasteiger partial charge is 0.247 e. The molecule has 3 heterocycles. The quantitative estimate of drug-likeness (QED) is 0.699. The predicted molar refractivity (Wildman–Crippen MR) is 91.6 cm³/mol. The van der Waals surface area contributed by atoms with E-state index in [0.717, 1.165) is 21.6 Å². The maximum absolute atomic E-state index is 4.49. The van der Waals surface area contributed by atoms with Crippen LogP contribution in [0.3, 0.4) is 0 Å². The summed E-state index contributed by atoms with van der Waals surface area (Å²) in [6.45, 7) is 4.33. The number of aromatic nitrogens is 3. The van der Waals surface area contributed by atoms with Gasteiger partial charge in [-0.25, -0.2) is 4.52 Å². The third-order valence-electron chi connectivity index (χ3n) is 3.79. The molecule has 110 valence electrons. The first-order valence-corrected chi connectivity index (χ1v) is 7.80. The highest BCUT2D eigenvalue weighted by molar-refractivity contribution is 9.10. The second-order valence-electron chi connectivity index (χ2n) is 5.89. The molecule has 1 aliphatic rings. The van der Waals surface area contributed by atoms with Crippen LogP contribution in [0.5, 0.6) is 0 Å². The van der Waals surface area contributed by atoms with E-state index in [4.69, 9.17) is 0 Å². The lowest BCUT2D eigenvalue weighted by Gasteiger charge is -2.15. The van der Waals surface area contributed by atoms with E-state index in [2.05, 4.69) is 56.2 Å². The van der Waals surface area contributed by atoms with Gasteiger partial charge in [-0.15, -0.1) is 5.10 Å². The van der Waals surface area contributed by atoms with Gasteiger partial charge in [0.1, 0.15) is 4.60 Å². The van der Waals surface area contributed by atoms with Crippen LogP contribution >= 0.6 is 15.9 Å². The molecule has 0 spiro atoms. The van der Waals surface area contributed by atoms with E-state index >= 15 is 0 Å². The fraction of sp³-hybridized carbons (Fsp3) is 0.188. The summed E-state index contributed by atoms with van der Waals surface area (Å²) in [5.41, 5.74) is 3.96. The summed E-state index contributed by atoms with van der Waals surface area (Å²) in [7, 11) is 0. The molecule has 5 nitrogen and oxygen atoms in total. The van der Waals surface area contributed by atoms with Gasteiger partial charge >= 0.3 is 0 Å². The predicted octanol–water partition coefficient (Wildman–Crippen LogP) is 4.23. The second-order valence-corrected chi connectivity index (χ2v) is 6.70. The number of aliphatic imine (C=N–C) groups is 1. The van der Waals surface area contributed by atoms with Gasteiger partial charge in [0.15, 0.2) is 5.65 Å². The van der Waals surface area contributed by atoms with Crippen molar-refractivity contribution in [1.29, 1.82) is 0 Å². The van der Waals surface area contributed by atoms with E-state index in [0.29, 0.717) is 5.95 Å². The largest absolute Gasteiger partial charge is 0.323 e. The molecule has 3 aromatic rings. The lowest BCUT2D eigenvalue weighted by molar-refractivity contribution is 0.753. The summed E-state index contributed by atoms with van der Waals surface area (Å²) in [4.78, 5) is 8.96. The molecule has 4 rings (SSSR count). The summed E-state index contributed by atoms with van der Waals surface area (Å²) >= 11 is 3.46. The molecular formula is C16H14BrN5. The molecule has 22 heavy (non-hydrogen) atoms. The van der Waals surface area contributed by atoms with Crippen molar-refractivity contribution in [2.45, 2.75) is 19.3 Å². The minimum Gasteiger partial charge on any atom is -0.323 e. The number of nitrogens with zero attached hydrogens (tertiary/aromatic N) is 4. The molecule has 6 heteroatoms. The van der Waals surface area contributed by atoms with Gasteiger partial charge in [0.25, 0.3) is 0 Å². The van der Waals surface area contributed by atoms with E-state index < -0.39 is 0 Å². The Bertz CT molecular complexity index is 910. The second kappa shape index (κ2) is 4.64. The molecule has 0 bridgehead atoms. The van der Waals surface area contributed by atoms with Crippen LogP contribution in [0.25, 0.3) is 5.65 Å². The third kappa shape index (κ3) is 2.11. The topological polar surface area (TPSA) is 54.6 Å². The zero-order valence-electron chi connectivity index (χ0n) is 12.2. The maximum Gasteiger partial charge on any atom is 0.247 e. The number of benzene rings is 1. The molecule has 1 N–H and O–H groups in total. The lowest BCUT2D eigenvalue weighted by atomic mass is 9.87. The molecular weight excluding hydrogens is 342 g/mol. The molecule has 0 atom stereocenters. The first-order chi connectivity index (χ1) is 10.5. The van der Waals surface area contributed by atoms with Gasteiger partial charge in [0.05, 0.1) is 5.69 Å². The number of hydrogen-bond donors (Lipinski definition) is 1. The molecule has 0 aliphatic carbocycles. The number of nitrogens with one attached hydrogen (secondary N) is 1. The van der Waals surface area contributed by atoms with E-state index in [-0.39, 0.29) is 5.41 Å². The van der Waals surface area contributed by atoms with Crippen LogP contribution in [-0.2, 0) is 5.41 Å². The first kappa shape index (κ1) is 13.5. The van der Waals surface area contributed by atoms with Crippen molar-refractivity contribution in [3.8, 4) is 0 Å². The molecule has 0 fully saturated rings. The Labute approximate surface area is 136 Å². The molecule has 0 unspecified atom stereocenters. The van der Waals surface area contributed by atoms with Crippen molar-refractivity contribution in [2.75, 3.05) is 5.32 Å². The summed E-state index contributed by atoms with van der Waals surface area (Å²) in [6, 6.07) is 12.0. The number of pyridine rings is 1. The minimum atomic E-state index is 0.0000661. The average molecular weight is 356 g/mol. The Balaban J connectivity index is 1.69. The summed E-state index contributed by atoms with van der Waals surface area (Å²) in [5, 5.41) is 7.68. The van der Waals surface area contributed by atoms with Crippen molar-refractivity contribution < 1.29 is 0 Å². The van der Waals surface area contributed by atoms with Crippen molar-refractivity contribution in [3.63, 3.8) is 0 Å². The Kier molecular flexibility index (Phi) is 2.84. The Morgan fingerprint density at radius 3 is 2.86 bits per heavy atom. The maximum atomic E-state index is 4.49. The van der Waals surface area contributed by atoms with Crippen LogP contribution in [0.1, 0.15) is 19.4 Å². The fourth-order valence-electron chi connectivity index (χ4n) is 2.62. The monoisotopic (exact) mass is 355 g/mol. The van der Waals surface area contributed by atoms with Crippen molar-refractivity contribution in [1.82, 2.24) is 14.6 Å². The molecule has 0 amide bonds. The van der Waals surface area contributed by atoms with Gasteiger partial charge in [-0.2, -0.15) is 4.98 Å². The van der Waals surface area contributed by atoms with Crippen LogP contribution in [0, 0.1) is 0 Å². The van der Waals surface area contributed by atoms with Crippen molar-refractivity contribution in [3.05, 3.63) is 46.6 Å². The highest BCUT2D eigenvalue weighted by atomic mass is 79.9. The highest BCUT2D eigenvalue weighted by Gasteiger charge is 2.26. The number of rotatable bonds is 2. The van der Waals surface area contributed by atoms with Gasteiger partial charge in [-0.1, -0.05) is 26.0 Å². The zero-order valence-corrected chi connectivity index (χ0v) is 13.8. The van der Waals surface area contributed by atoms with E-state index in [1.165, 1.54) is 5.56 Å². The van der Waals surface area contributed by atoms with Crippen LogP contribution in [-0.4, -0.2) is 20.8 Å². The number of hydrogen-bond acceptors (Lipinski definition) is 4.